The maximum Gasteiger partial charge on any atom is 0.263 e. The van der Waals surface area contributed by atoms with Gasteiger partial charge in [0.2, 0.25) is 5.95 Å². The topological polar surface area (TPSA) is 73.0 Å². The summed E-state index contributed by atoms with van der Waals surface area (Å²) in [6, 6.07) is 15.9. The Kier molecular flexibility index (Phi) is 4.53. The summed E-state index contributed by atoms with van der Waals surface area (Å²) < 4.78 is 8.04. The van der Waals surface area contributed by atoms with Crippen molar-refractivity contribution in [3.63, 3.8) is 0 Å². The molecule has 2 heterocycles. The molecule has 4 rings (SSSR count). The van der Waals surface area contributed by atoms with Crippen molar-refractivity contribution >= 4 is 38.8 Å². The first-order valence-corrected chi connectivity index (χ1v) is 9.26. The van der Waals surface area contributed by atoms with Crippen LogP contribution in [-0.4, -0.2) is 20.6 Å². The van der Waals surface area contributed by atoms with Gasteiger partial charge in [0.15, 0.2) is 0 Å². The van der Waals surface area contributed by atoms with Crippen LogP contribution in [0.5, 0.6) is 0 Å². The maximum absolute atomic E-state index is 12.8. The minimum atomic E-state index is -0.282. The van der Waals surface area contributed by atoms with Crippen LogP contribution in [0.4, 0.5) is 5.95 Å². The van der Waals surface area contributed by atoms with Crippen LogP contribution in [0.3, 0.4) is 0 Å². The fourth-order valence-electron chi connectivity index (χ4n) is 3.10. The predicted molar refractivity (Wildman–Crippen MR) is 107 cm³/mol. The van der Waals surface area contributed by atoms with E-state index in [2.05, 4.69) is 31.4 Å². The summed E-state index contributed by atoms with van der Waals surface area (Å²) in [4.78, 5) is 17.4. The number of halogens is 1. The van der Waals surface area contributed by atoms with Crippen LogP contribution in [0.15, 0.2) is 57.5 Å². The summed E-state index contributed by atoms with van der Waals surface area (Å²) in [6.45, 7) is 4.06. The lowest BCUT2D eigenvalue weighted by Crippen LogP contribution is -2.17. The Balaban J connectivity index is 1.77. The van der Waals surface area contributed by atoms with Gasteiger partial charge in [0, 0.05) is 4.47 Å². The standard InChI is InChI=1S/C20H17BrN4O2/c1-12-18(13(2)27-24-12)19(26)23-20-22-16-10-15(21)8-9-17(16)25(20)11-14-6-4-3-5-7-14/h3-10H,11H2,1-2H3,(H,22,23,26). The first-order valence-electron chi connectivity index (χ1n) is 8.47. The highest BCUT2D eigenvalue weighted by Crippen LogP contribution is 2.25. The molecule has 27 heavy (non-hydrogen) atoms. The highest BCUT2D eigenvalue weighted by Gasteiger charge is 2.20. The minimum Gasteiger partial charge on any atom is -0.361 e. The first kappa shape index (κ1) is 17.5. The Labute approximate surface area is 164 Å². The third-order valence-corrected chi connectivity index (χ3v) is 4.87. The number of carbonyl (C=O) groups is 1. The lowest BCUT2D eigenvalue weighted by molar-refractivity contribution is 0.102. The molecule has 136 valence electrons. The molecule has 4 aromatic rings. The molecule has 0 saturated heterocycles. The SMILES string of the molecule is Cc1noc(C)c1C(=O)Nc1nc2cc(Br)ccc2n1Cc1ccccc1. The predicted octanol–water partition coefficient (Wildman–Crippen LogP) is 4.70. The van der Waals surface area contributed by atoms with Crippen LogP contribution in [0, 0.1) is 13.8 Å². The van der Waals surface area contributed by atoms with Crippen molar-refractivity contribution in [1.82, 2.24) is 14.7 Å². The normalized spacial score (nSPS) is 11.1. The van der Waals surface area contributed by atoms with Gasteiger partial charge in [-0.2, -0.15) is 0 Å². The monoisotopic (exact) mass is 424 g/mol. The van der Waals surface area contributed by atoms with Crippen LogP contribution in [0.25, 0.3) is 11.0 Å². The van der Waals surface area contributed by atoms with Crippen LogP contribution in [0.2, 0.25) is 0 Å². The van der Waals surface area contributed by atoms with E-state index in [0.29, 0.717) is 29.5 Å². The van der Waals surface area contributed by atoms with Gasteiger partial charge < -0.3 is 9.09 Å². The number of carbonyl (C=O) groups excluding carboxylic acids is 1. The van der Waals surface area contributed by atoms with E-state index in [9.17, 15) is 4.79 Å². The minimum absolute atomic E-state index is 0.282. The Hall–Kier alpha value is -2.93. The molecule has 0 fully saturated rings. The fraction of sp³-hybridized carbons (Fsp3) is 0.150. The zero-order chi connectivity index (χ0) is 19.0. The molecule has 7 heteroatoms. The average molecular weight is 425 g/mol. The molecule has 1 amide bonds. The molecule has 0 aliphatic rings. The molecule has 0 spiro atoms. The number of benzene rings is 2. The van der Waals surface area contributed by atoms with Crippen LogP contribution in [-0.2, 0) is 6.54 Å². The summed E-state index contributed by atoms with van der Waals surface area (Å²) in [5.74, 6) is 0.686. The maximum atomic E-state index is 12.8. The number of hydrogen-bond donors (Lipinski definition) is 1. The van der Waals surface area contributed by atoms with E-state index in [4.69, 9.17) is 4.52 Å². The van der Waals surface area contributed by atoms with E-state index in [-0.39, 0.29) is 5.91 Å². The van der Waals surface area contributed by atoms with Crippen molar-refractivity contribution in [3.05, 3.63) is 75.6 Å². The van der Waals surface area contributed by atoms with E-state index in [1.165, 1.54) is 0 Å². The number of rotatable bonds is 4. The largest absolute Gasteiger partial charge is 0.361 e. The Morgan fingerprint density at radius 3 is 2.67 bits per heavy atom. The summed E-state index contributed by atoms with van der Waals surface area (Å²) >= 11 is 3.48. The number of nitrogens with zero attached hydrogens (tertiary/aromatic N) is 3. The molecule has 6 nitrogen and oxygen atoms in total. The smallest absolute Gasteiger partial charge is 0.263 e. The molecule has 1 N–H and O–H groups in total. The second-order valence-electron chi connectivity index (χ2n) is 6.29. The van der Waals surface area contributed by atoms with Crippen molar-refractivity contribution < 1.29 is 9.32 Å². The van der Waals surface area contributed by atoms with Gasteiger partial charge in [-0.3, -0.25) is 10.1 Å². The van der Waals surface area contributed by atoms with E-state index in [1.807, 2.05) is 53.1 Å². The number of aryl methyl sites for hydroxylation is 2. The van der Waals surface area contributed by atoms with E-state index in [0.717, 1.165) is 21.1 Å². The Morgan fingerprint density at radius 1 is 1.19 bits per heavy atom. The summed E-state index contributed by atoms with van der Waals surface area (Å²) in [7, 11) is 0. The molecular formula is C20H17BrN4O2. The number of anilines is 1. The van der Waals surface area contributed by atoms with E-state index >= 15 is 0 Å². The second kappa shape index (κ2) is 7.00. The van der Waals surface area contributed by atoms with Crippen LogP contribution in [0.1, 0.15) is 27.4 Å². The second-order valence-corrected chi connectivity index (χ2v) is 7.21. The van der Waals surface area contributed by atoms with Crippen LogP contribution >= 0.6 is 15.9 Å². The molecule has 0 saturated carbocycles. The molecule has 2 aromatic heterocycles. The summed E-state index contributed by atoms with van der Waals surface area (Å²) in [5.41, 5.74) is 3.85. The highest BCUT2D eigenvalue weighted by molar-refractivity contribution is 9.10. The van der Waals surface area contributed by atoms with E-state index in [1.54, 1.807) is 13.8 Å². The van der Waals surface area contributed by atoms with Crippen molar-refractivity contribution in [2.75, 3.05) is 5.32 Å². The average Bonchev–Trinajstić information content (AvgIpc) is 3.15. The molecule has 0 aliphatic carbocycles. The van der Waals surface area contributed by atoms with Gasteiger partial charge in [-0.15, -0.1) is 0 Å². The number of hydrogen-bond acceptors (Lipinski definition) is 4. The fourth-order valence-corrected chi connectivity index (χ4v) is 3.44. The molecule has 2 aromatic carbocycles. The summed E-state index contributed by atoms with van der Waals surface area (Å²) in [6.07, 6.45) is 0. The zero-order valence-corrected chi connectivity index (χ0v) is 16.4. The molecule has 0 aliphatic heterocycles. The third-order valence-electron chi connectivity index (χ3n) is 4.38. The number of aromatic nitrogens is 3. The van der Waals surface area contributed by atoms with Gasteiger partial charge in [0.1, 0.15) is 11.3 Å². The molecule has 0 radical (unpaired) electrons. The van der Waals surface area contributed by atoms with Gasteiger partial charge in [-0.25, -0.2) is 4.98 Å². The molecular weight excluding hydrogens is 408 g/mol. The van der Waals surface area contributed by atoms with Gasteiger partial charge in [-0.05, 0) is 37.6 Å². The van der Waals surface area contributed by atoms with Crippen molar-refractivity contribution in [2.45, 2.75) is 20.4 Å². The highest BCUT2D eigenvalue weighted by atomic mass is 79.9. The Morgan fingerprint density at radius 2 is 1.96 bits per heavy atom. The molecule has 0 unspecified atom stereocenters. The van der Waals surface area contributed by atoms with E-state index < -0.39 is 0 Å². The van der Waals surface area contributed by atoms with Gasteiger partial charge in [-0.1, -0.05) is 51.4 Å². The Bertz CT molecular complexity index is 1110. The quantitative estimate of drug-likeness (QED) is 0.514. The van der Waals surface area contributed by atoms with Crippen molar-refractivity contribution in [3.8, 4) is 0 Å². The first-order chi connectivity index (χ1) is 13.0. The van der Waals surface area contributed by atoms with Gasteiger partial charge in [0.25, 0.3) is 5.91 Å². The third kappa shape index (κ3) is 3.38. The van der Waals surface area contributed by atoms with Crippen molar-refractivity contribution in [2.24, 2.45) is 0 Å². The number of fused-ring (bicyclic) bond motifs is 1. The van der Waals surface area contributed by atoms with Gasteiger partial charge in [0.05, 0.1) is 23.3 Å². The van der Waals surface area contributed by atoms with Gasteiger partial charge >= 0.3 is 0 Å². The number of imidazole rings is 1. The number of amides is 1. The lowest BCUT2D eigenvalue weighted by atomic mass is 10.2. The molecule has 0 atom stereocenters. The zero-order valence-electron chi connectivity index (χ0n) is 14.9. The van der Waals surface area contributed by atoms with Crippen LogP contribution < -0.4 is 5.32 Å². The molecule has 0 bridgehead atoms. The van der Waals surface area contributed by atoms with Crippen molar-refractivity contribution in [1.29, 1.82) is 0 Å². The number of nitrogens with one attached hydrogen (secondary N) is 1. The lowest BCUT2D eigenvalue weighted by Gasteiger charge is -2.10. The summed E-state index contributed by atoms with van der Waals surface area (Å²) in [5, 5.41) is 6.78.